The normalized spacial score (nSPS) is 14.6. The van der Waals surface area contributed by atoms with Crippen molar-refractivity contribution in [3.05, 3.63) is 84.3 Å². The standard InChI is InChI=1S/C23H24N4O/c28-23(27-14-9-20(10-15-27)19-7-12-24-13-8-19)26-17-18-4-3-5-21(16-18)22-6-1-2-11-25-22/h1-8,11-13,16,20H,9-10,14-15,17H2,(H,26,28). The summed E-state index contributed by atoms with van der Waals surface area (Å²) in [6.07, 6.45) is 7.46. The van der Waals surface area contributed by atoms with Gasteiger partial charge in [0.05, 0.1) is 5.69 Å². The summed E-state index contributed by atoms with van der Waals surface area (Å²) in [6, 6.07) is 18.2. The van der Waals surface area contributed by atoms with E-state index >= 15 is 0 Å². The molecule has 1 aliphatic heterocycles. The monoisotopic (exact) mass is 372 g/mol. The van der Waals surface area contributed by atoms with E-state index in [-0.39, 0.29) is 6.03 Å². The molecule has 2 amide bonds. The fourth-order valence-corrected chi connectivity index (χ4v) is 3.72. The molecule has 4 rings (SSSR count). The highest BCUT2D eigenvalue weighted by molar-refractivity contribution is 5.74. The van der Waals surface area contributed by atoms with Crippen molar-refractivity contribution in [3.63, 3.8) is 0 Å². The van der Waals surface area contributed by atoms with Crippen molar-refractivity contribution in [2.24, 2.45) is 0 Å². The van der Waals surface area contributed by atoms with E-state index in [0.29, 0.717) is 12.5 Å². The zero-order valence-electron chi connectivity index (χ0n) is 15.8. The van der Waals surface area contributed by atoms with E-state index in [9.17, 15) is 4.79 Å². The summed E-state index contributed by atoms with van der Waals surface area (Å²) in [6.45, 7) is 2.09. The molecule has 28 heavy (non-hydrogen) atoms. The number of amides is 2. The van der Waals surface area contributed by atoms with Crippen molar-refractivity contribution in [2.45, 2.75) is 25.3 Å². The number of benzene rings is 1. The molecule has 0 spiro atoms. The fraction of sp³-hybridized carbons (Fsp3) is 0.261. The molecule has 5 nitrogen and oxygen atoms in total. The maximum absolute atomic E-state index is 12.6. The van der Waals surface area contributed by atoms with Gasteiger partial charge in [-0.3, -0.25) is 9.97 Å². The van der Waals surface area contributed by atoms with Gasteiger partial charge in [0.25, 0.3) is 0 Å². The highest BCUT2D eigenvalue weighted by atomic mass is 16.2. The van der Waals surface area contributed by atoms with E-state index in [1.54, 1.807) is 6.20 Å². The zero-order chi connectivity index (χ0) is 19.2. The van der Waals surface area contributed by atoms with Gasteiger partial charge in [-0.25, -0.2) is 4.79 Å². The van der Waals surface area contributed by atoms with Gasteiger partial charge in [0, 0.05) is 43.8 Å². The largest absolute Gasteiger partial charge is 0.334 e. The number of hydrogen-bond acceptors (Lipinski definition) is 3. The summed E-state index contributed by atoms with van der Waals surface area (Å²) < 4.78 is 0. The van der Waals surface area contributed by atoms with Crippen LogP contribution in [0.4, 0.5) is 4.79 Å². The van der Waals surface area contributed by atoms with Crippen LogP contribution in [0.1, 0.15) is 29.9 Å². The van der Waals surface area contributed by atoms with Crippen LogP contribution in [0.5, 0.6) is 0 Å². The number of nitrogens with zero attached hydrogens (tertiary/aromatic N) is 3. The van der Waals surface area contributed by atoms with Crippen molar-refractivity contribution in [2.75, 3.05) is 13.1 Å². The Kier molecular flexibility index (Phi) is 5.61. The van der Waals surface area contributed by atoms with Crippen LogP contribution < -0.4 is 5.32 Å². The first-order valence-electron chi connectivity index (χ1n) is 9.72. The molecular formula is C23H24N4O. The minimum absolute atomic E-state index is 0.0106. The number of carbonyl (C=O) groups excluding carboxylic acids is 1. The SMILES string of the molecule is O=C(NCc1cccc(-c2ccccn2)c1)N1CCC(c2ccncc2)CC1. The molecule has 0 bridgehead atoms. The van der Waals surface area contributed by atoms with Crippen LogP contribution in [0.2, 0.25) is 0 Å². The van der Waals surface area contributed by atoms with Crippen LogP contribution in [0.15, 0.2) is 73.2 Å². The Labute approximate surface area is 165 Å². The molecule has 142 valence electrons. The van der Waals surface area contributed by atoms with Crippen LogP contribution >= 0.6 is 0 Å². The molecular weight excluding hydrogens is 348 g/mol. The Morgan fingerprint density at radius 3 is 2.57 bits per heavy atom. The smallest absolute Gasteiger partial charge is 0.317 e. The number of aromatic nitrogens is 2. The topological polar surface area (TPSA) is 58.1 Å². The lowest BCUT2D eigenvalue weighted by molar-refractivity contribution is 0.181. The molecule has 0 aliphatic carbocycles. The molecule has 3 aromatic rings. The maximum Gasteiger partial charge on any atom is 0.317 e. The minimum Gasteiger partial charge on any atom is -0.334 e. The van der Waals surface area contributed by atoms with Gasteiger partial charge in [0.15, 0.2) is 0 Å². The lowest BCUT2D eigenvalue weighted by atomic mass is 9.90. The Morgan fingerprint density at radius 1 is 1.00 bits per heavy atom. The van der Waals surface area contributed by atoms with Gasteiger partial charge < -0.3 is 10.2 Å². The molecule has 1 saturated heterocycles. The van der Waals surface area contributed by atoms with Gasteiger partial charge in [0.1, 0.15) is 0 Å². The van der Waals surface area contributed by atoms with Crippen LogP contribution in [0.25, 0.3) is 11.3 Å². The van der Waals surface area contributed by atoms with E-state index in [1.165, 1.54) is 5.56 Å². The van der Waals surface area contributed by atoms with Crippen molar-refractivity contribution in [3.8, 4) is 11.3 Å². The van der Waals surface area contributed by atoms with Crippen LogP contribution in [-0.2, 0) is 6.54 Å². The van der Waals surface area contributed by atoms with E-state index < -0.39 is 0 Å². The summed E-state index contributed by atoms with van der Waals surface area (Å²) in [5.41, 5.74) is 4.39. The molecule has 0 radical (unpaired) electrons. The number of nitrogens with one attached hydrogen (secondary N) is 1. The number of pyridine rings is 2. The predicted molar refractivity (Wildman–Crippen MR) is 110 cm³/mol. The minimum atomic E-state index is 0.0106. The van der Waals surface area contributed by atoms with Crippen LogP contribution in [-0.4, -0.2) is 34.0 Å². The lowest BCUT2D eigenvalue weighted by Crippen LogP contribution is -2.43. The number of urea groups is 1. The van der Waals surface area contributed by atoms with Crippen molar-refractivity contribution >= 4 is 6.03 Å². The molecule has 1 aromatic carbocycles. The number of hydrogen-bond donors (Lipinski definition) is 1. The Hall–Kier alpha value is -3.21. The van der Waals surface area contributed by atoms with Crippen LogP contribution in [0, 0.1) is 0 Å². The third-order valence-electron chi connectivity index (χ3n) is 5.29. The summed E-state index contributed by atoms with van der Waals surface area (Å²) in [4.78, 5) is 23.0. The number of piperidine rings is 1. The van der Waals surface area contributed by atoms with E-state index in [2.05, 4.69) is 33.5 Å². The number of carbonyl (C=O) groups is 1. The van der Waals surface area contributed by atoms with Gasteiger partial charge in [-0.15, -0.1) is 0 Å². The Morgan fingerprint density at radius 2 is 1.82 bits per heavy atom. The molecule has 1 N–H and O–H groups in total. The van der Waals surface area contributed by atoms with Crippen molar-refractivity contribution < 1.29 is 4.79 Å². The molecule has 0 atom stereocenters. The third kappa shape index (κ3) is 4.36. The van der Waals surface area contributed by atoms with Gasteiger partial charge >= 0.3 is 6.03 Å². The average molecular weight is 372 g/mol. The van der Waals surface area contributed by atoms with Gasteiger partial charge in [-0.05, 0) is 60.2 Å². The molecule has 0 unspecified atom stereocenters. The summed E-state index contributed by atoms with van der Waals surface area (Å²) in [5, 5.41) is 3.06. The molecule has 3 heterocycles. The van der Waals surface area contributed by atoms with Gasteiger partial charge in [-0.1, -0.05) is 24.3 Å². The second kappa shape index (κ2) is 8.65. The van der Waals surface area contributed by atoms with Gasteiger partial charge in [0.2, 0.25) is 0 Å². The first-order chi connectivity index (χ1) is 13.8. The second-order valence-corrected chi connectivity index (χ2v) is 7.12. The van der Waals surface area contributed by atoms with Crippen molar-refractivity contribution in [1.29, 1.82) is 0 Å². The first-order valence-corrected chi connectivity index (χ1v) is 9.72. The molecule has 2 aromatic heterocycles. The third-order valence-corrected chi connectivity index (χ3v) is 5.29. The second-order valence-electron chi connectivity index (χ2n) is 7.12. The highest BCUT2D eigenvalue weighted by Crippen LogP contribution is 2.27. The number of rotatable bonds is 4. The molecule has 1 aliphatic rings. The van der Waals surface area contributed by atoms with Crippen LogP contribution in [0.3, 0.4) is 0 Å². The quantitative estimate of drug-likeness (QED) is 0.745. The van der Waals surface area contributed by atoms with Gasteiger partial charge in [-0.2, -0.15) is 0 Å². The summed E-state index contributed by atoms with van der Waals surface area (Å²) >= 11 is 0. The maximum atomic E-state index is 12.6. The van der Waals surface area contributed by atoms with E-state index in [4.69, 9.17) is 0 Å². The lowest BCUT2D eigenvalue weighted by Gasteiger charge is -2.32. The van der Waals surface area contributed by atoms with Crippen molar-refractivity contribution in [1.82, 2.24) is 20.2 Å². The Bertz CT molecular complexity index is 906. The fourth-order valence-electron chi connectivity index (χ4n) is 3.72. The first kappa shape index (κ1) is 18.2. The molecule has 1 fully saturated rings. The summed E-state index contributed by atoms with van der Waals surface area (Å²) in [7, 11) is 0. The molecule has 5 heteroatoms. The van der Waals surface area contributed by atoms with E-state index in [1.807, 2.05) is 53.7 Å². The zero-order valence-corrected chi connectivity index (χ0v) is 15.8. The highest BCUT2D eigenvalue weighted by Gasteiger charge is 2.23. The Balaban J connectivity index is 1.31. The molecule has 0 saturated carbocycles. The van der Waals surface area contributed by atoms with E-state index in [0.717, 1.165) is 42.8 Å². The predicted octanol–water partition coefficient (Wildman–Crippen LogP) is 4.23. The average Bonchev–Trinajstić information content (AvgIpc) is 2.79. The number of likely N-dealkylation sites (tertiary alicyclic amines) is 1. The summed E-state index contributed by atoms with van der Waals surface area (Å²) in [5.74, 6) is 0.516.